The van der Waals surface area contributed by atoms with Crippen molar-refractivity contribution in [3.05, 3.63) is 29.6 Å². The summed E-state index contributed by atoms with van der Waals surface area (Å²) in [5.74, 6) is -0.778. The van der Waals surface area contributed by atoms with Crippen LogP contribution in [0.2, 0.25) is 0 Å². The first kappa shape index (κ1) is 14.8. The summed E-state index contributed by atoms with van der Waals surface area (Å²) in [7, 11) is 0. The van der Waals surface area contributed by atoms with Crippen LogP contribution < -0.4 is 4.90 Å². The van der Waals surface area contributed by atoms with E-state index in [4.69, 9.17) is 5.11 Å². The number of benzene rings is 1. The van der Waals surface area contributed by atoms with Crippen LogP contribution in [0, 0.1) is 11.7 Å². The summed E-state index contributed by atoms with van der Waals surface area (Å²) in [5.41, 5.74) is 0.539. The first-order valence-electron chi connectivity index (χ1n) is 7.39. The second-order valence-electron chi connectivity index (χ2n) is 5.54. The number of carboxylic acid groups (broad SMARTS) is 1. The van der Waals surface area contributed by atoms with Gasteiger partial charge in [0.05, 0.1) is 11.3 Å². The van der Waals surface area contributed by atoms with E-state index in [1.165, 1.54) is 25.3 Å². The van der Waals surface area contributed by atoms with Crippen LogP contribution in [0.3, 0.4) is 0 Å². The van der Waals surface area contributed by atoms with E-state index in [1.54, 1.807) is 6.07 Å². The largest absolute Gasteiger partial charge is 0.478 e. The molecule has 2 rings (SSSR count). The number of carbonyl (C=O) groups is 1. The van der Waals surface area contributed by atoms with E-state index >= 15 is 0 Å². The summed E-state index contributed by atoms with van der Waals surface area (Å²) in [6.45, 7) is 3.91. The summed E-state index contributed by atoms with van der Waals surface area (Å²) < 4.78 is 14.1. The third kappa shape index (κ3) is 3.50. The van der Waals surface area contributed by atoms with Gasteiger partial charge in [0.2, 0.25) is 0 Å². The number of rotatable bonds is 4. The highest BCUT2D eigenvalue weighted by Gasteiger charge is 2.19. The number of nitrogens with zero attached hydrogens (tertiary/aromatic N) is 1. The molecular formula is C16H22FNO2. The summed E-state index contributed by atoms with van der Waals surface area (Å²) in [4.78, 5) is 12.9. The van der Waals surface area contributed by atoms with E-state index < -0.39 is 11.8 Å². The van der Waals surface area contributed by atoms with E-state index in [2.05, 4.69) is 11.8 Å². The van der Waals surface area contributed by atoms with Gasteiger partial charge in [0, 0.05) is 13.1 Å². The molecule has 0 aromatic heterocycles. The van der Waals surface area contributed by atoms with Gasteiger partial charge in [-0.15, -0.1) is 0 Å². The van der Waals surface area contributed by atoms with Crippen molar-refractivity contribution in [1.82, 2.24) is 0 Å². The number of halogens is 1. The van der Waals surface area contributed by atoms with Crippen LogP contribution in [0.25, 0.3) is 0 Å². The van der Waals surface area contributed by atoms with E-state index in [0.717, 1.165) is 37.9 Å². The van der Waals surface area contributed by atoms with Crippen LogP contribution in [-0.2, 0) is 0 Å². The van der Waals surface area contributed by atoms with Crippen molar-refractivity contribution in [1.29, 1.82) is 0 Å². The van der Waals surface area contributed by atoms with Crippen LogP contribution in [0.5, 0.6) is 0 Å². The first-order chi connectivity index (χ1) is 9.61. The van der Waals surface area contributed by atoms with E-state index in [0.29, 0.717) is 5.69 Å². The van der Waals surface area contributed by atoms with Crippen LogP contribution >= 0.6 is 0 Å². The molecule has 0 spiro atoms. The fourth-order valence-electron chi connectivity index (χ4n) is 3.00. The standard InChI is InChI=1S/C16H22FNO2/c1-2-4-12-5-3-9-18(10-8-12)15-7-6-13(16(19)20)11-14(15)17/h6-7,11-12H,2-5,8-10H2,1H3,(H,19,20). The van der Waals surface area contributed by atoms with Gasteiger partial charge in [0.1, 0.15) is 5.82 Å². The Hall–Kier alpha value is -1.58. The highest BCUT2D eigenvalue weighted by Crippen LogP contribution is 2.27. The molecule has 3 nitrogen and oxygen atoms in total. The number of carboxylic acids is 1. The highest BCUT2D eigenvalue weighted by atomic mass is 19.1. The van der Waals surface area contributed by atoms with Crippen LogP contribution in [0.1, 0.15) is 49.4 Å². The van der Waals surface area contributed by atoms with Gasteiger partial charge in [-0.3, -0.25) is 0 Å². The Bertz CT molecular complexity index is 476. The van der Waals surface area contributed by atoms with Crippen molar-refractivity contribution < 1.29 is 14.3 Å². The van der Waals surface area contributed by atoms with Gasteiger partial charge in [0.15, 0.2) is 0 Å². The van der Waals surface area contributed by atoms with Gasteiger partial charge < -0.3 is 10.0 Å². The topological polar surface area (TPSA) is 40.5 Å². The highest BCUT2D eigenvalue weighted by molar-refractivity contribution is 5.88. The minimum absolute atomic E-state index is 0.00457. The number of aromatic carboxylic acids is 1. The maximum absolute atomic E-state index is 14.1. The van der Waals surface area contributed by atoms with Gasteiger partial charge in [-0.1, -0.05) is 19.8 Å². The molecule has 1 saturated heterocycles. The zero-order valence-electron chi connectivity index (χ0n) is 11.9. The fourth-order valence-corrected chi connectivity index (χ4v) is 3.00. The molecule has 1 heterocycles. The Labute approximate surface area is 119 Å². The van der Waals surface area contributed by atoms with E-state index in [9.17, 15) is 9.18 Å². The van der Waals surface area contributed by atoms with Crippen molar-refractivity contribution in [3.63, 3.8) is 0 Å². The van der Waals surface area contributed by atoms with Crippen LogP contribution in [0.4, 0.5) is 10.1 Å². The average molecular weight is 279 g/mol. The lowest BCUT2D eigenvalue weighted by atomic mass is 9.96. The van der Waals surface area contributed by atoms with E-state index in [1.807, 2.05) is 0 Å². The smallest absolute Gasteiger partial charge is 0.335 e. The van der Waals surface area contributed by atoms with Crippen molar-refractivity contribution in [2.45, 2.75) is 39.0 Å². The Balaban J connectivity index is 2.09. The lowest BCUT2D eigenvalue weighted by Gasteiger charge is -2.23. The first-order valence-corrected chi connectivity index (χ1v) is 7.39. The summed E-state index contributed by atoms with van der Waals surface area (Å²) in [5, 5.41) is 8.87. The monoisotopic (exact) mass is 279 g/mol. The molecule has 1 aromatic carbocycles. The molecule has 110 valence electrons. The molecule has 0 bridgehead atoms. The third-order valence-electron chi connectivity index (χ3n) is 4.08. The van der Waals surface area contributed by atoms with Crippen molar-refractivity contribution in [3.8, 4) is 0 Å². The summed E-state index contributed by atoms with van der Waals surface area (Å²) in [6.07, 6.45) is 5.82. The van der Waals surface area contributed by atoms with Gasteiger partial charge in [-0.05, 0) is 43.4 Å². The SMILES string of the molecule is CCCC1CCCN(c2ccc(C(=O)O)cc2F)CC1. The van der Waals surface area contributed by atoms with Gasteiger partial charge >= 0.3 is 5.97 Å². The molecule has 1 aromatic rings. The predicted molar refractivity (Wildman–Crippen MR) is 77.8 cm³/mol. The lowest BCUT2D eigenvalue weighted by molar-refractivity contribution is 0.0696. The fraction of sp³-hybridized carbons (Fsp3) is 0.562. The van der Waals surface area contributed by atoms with Gasteiger partial charge in [-0.2, -0.15) is 0 Å². The molecule has 1 unspecified atom stereocenters. The van der Waals surface area contributed by atoms with E-state index in [-0.39, 0.29) is 5.56 Å². The molecule has 0 aliphatic carbocycles. The Kier molecular flexibility index (Phi) is 4.99. The second-order valence-corrected chi connectivity index (χ2v) is 5.54. The molecule has 20 heavy (non-hydrogen) atoms. The Morgan fingerprint density at radius 1 is 1.40 bits per heavy atom. The summed E-state index contributed by atoms with van der Waals surface area (Å²) in [6, 6.07) is 4.19. The molecule has 1 aliphatic rings. The van der Waals surface area contributed by atoms with Crippen LogP contribution in [0.15, 0.2) is 18.2 Å². The summed E-state index contributed by atoms with van der Waals surface area (Å²) >= 11 is 0. The molecular weight excluding hydrogens is 257 g/mol. The molecule has 4 heteroatoms. The predicted octanol–water partition coefficient (Wildman–Crippen LogP) is 3.93. The van der Waals surface area contributed by atoms with Crippen molar-refractivity contribution in [2.24, 2.45) is 5.92 Å². The molecule has 1 atom stereocenters. The van der Waals surface area contributed by atoms with Gasteiger partial charge in [-0.25, -0.2) is 9.18 Å². The zero-order valence-corrected chi connectivity index (χ0v) is 11.9. The average Bonchev–Trinajstić information content (AvgIpc) is 2.65. The normalized spacial score (nSPS) is 19.7. The maximum Gasteiger partial charge on any atom is 0.335 e. The quantitative estimate of drug-likeness (QED) is 0.907. The molecule has 0 amide bonds. The van der Waals surface area contributed by atoms with Crippen molar-refractivity contribution >= 4 is 11.7 Å². The van der Waals surface area contributed by atoms with Crippen molar-refractivity contribution in [2.75, 3.05) is 18.0 Å². The molecule has 0 radical (unpaired) electrons. The maximum atomic E-state index is 14.1. The lowest BCUT2D eigenvalue weighted by Crippen LogP contribution is -2.25. The zero-order chi connectivity index (χ0) is 14.5. The minimum atomic E-state index is -1.09. The Morgan fingerprint density at radius 2 is 2.20 bits per heavy atom. The molecule has 1 N–H and O–H groups in total. The second kappa shape index (κ2) is 6.73. The van der Waals surface area contributed by atoms with Gasteiger partial charge in [0.25, 0.3) is 0 Å². The number of anilines is 1. The third-order valence-corrected chi connectivity index (χ3v) is 4.08. The van der Waals surface area contributed by atoms with Crippen LogP contribution in [-0.4, -0.2) is 24.2 Å². The number of hydrogen-bond acceptors (Lipinski definition) is 2. The molecule has 1 aliphatic heterocycles. The minimum Gasteiger partial charge on any atom is -0.478 e. The molecule has 0 saturated carbocycles. The number of hydrogen-bond donors (Lipinski definition) is 1. The Morgan fingerprint density at radius 3 is 2.85 bits per heavy atom. The molecule has 1 fully saturated rings.